The Hall–Kier alpha value is -1.82. The Morgan fingerprint density at radius 1 is 0.957 bits per heavy atom. The average Bonchev–Trinajstić information content (AvgIpc) is 3.03. The fourth-order valence-corrected chi connectivity index (χ4v) is 3.19. The Bertz CT molecular complexity index is 736. The largest absolute Gasteiger partial charge is 0.302 e. The molecule has 0 bridgehead atoms. The number of rotatable bonds is 5. The SMILES string of the molecule is O=S(O)OCc1ccc(C2=C(c3ccc(F)cc3)CCC2)cc1. The average molecular weight is 332 g/mol. The smallest absolute Gasteiger partial charge is 0.284 e. The van der Waals surface area contributed by atoms with Crippen LogP contribution < -0.4 is 0 Å². The zero-order valence-electron chi connectivity index (χ0n) is 12.5. The van der Waals surface area contributed by atoms with Gasteiger partial charge in [-0.2, -0.15) is 4.21 Å². The summed E-state index contributed by atoms with van der Waals surface area (Å²) in [5.74, 6) is -0.223. The lowest BCUT2D eigenvalue weighted by Crippen LogP contribution is -1.96. The molecule has 0 spiro atoms. The van der Waals surface area contributed by atoms with E-state index >= 15 is 0 Å². The van der Waals surface area contributed by atoms with Crippen molar-refractivity contribution in [2.24, 2.45) is 0 Å². The van der Waals surface area contributed by atoms with Crippen molar-refractivity contribution in [1.29, 1.82) is 0 Å². The maximum Gasteiger partial charge on any atom is 0.302 e. The molecule has 0 heterocycles. The van der Waals surface area contributed by atoms with E-state index in [9.17, 15) is 8.60 Å². The molecule has 2 aromatic carbocycles. The number of hydrogen-bond acceptors (Lipinski definition) is 2. The van der Waals surface area contributed by atoms with E-state index in [1.54, 1.807) is 0 Å². The normalized spacial score (nSPS) is 15.9. The number of halogens is 1. The molecule has 0 saturated heterocycles. The zero-order chi connectivity index (χ0) is 16.2. The van der Waals surface area contributed by atoms with Gasteiger partial charge in [0.05, 0.1) is 6.61 Å². The van der Waals surface area contributed by atoms with Gasteiger partial charge in [-0.1, -0.05) is 36.4 Å². The van der Waals surface area contributed by atoms with Crippen LogP contribution in [0.3, 0.4) is 0 Å². The highest BCUT2D eigenvalue weighted by molar-refractivity contribution is 7.74. The summed E-state index contributed by atoms with van der Waals surface area (Å²) >= 11 is -2.25. The molecule has 1 atom stereocenters. The van der Waals surface area contributed by atoms with Gasteiger partial charge in [-0.05, 0) is 59.2 Å². The second kappa shape index (κ2) is 7.17. The minimum absolute atomic E-state index is 0.104. The Morgan fingerprint density at radius 3 is 2.00 bits per heavy atom. The molecule has 0 aromatic heterocycles. The van der Waals surface area contributed by atoms with Crippen LogP contribution in [-0.2, 0) is 22.2 Å². The van der Waals surface area contributed by atoms with E-state index < -0.39 is 11.4 Å². The summed E-state index contributed by atoms with van der Waals surface area (Å²) in [4.78, 5) is 0. The Kier molecular flexibility index (Phi) is 5.00. The lowest BCUT2D eigenvalue weighted by molar-refractivity contribution is 0.297. The van der Waals surface area contributed by atoms with Crippen molar-refractivity contribution in [2.75, 3.05) is 0 Å². The van der Waals surface area contributed by atoms with Gasteiger partial charge in [0.1, 0.15) is 5.82 Å². The fourth-order valence-electron chi connectivity index (χ4n) is 2.95. The lowest BCUT2D eigenvalue weighted by atomic mass is 9.96. The van der Waals surface area contributed by atoms with Crippen LogP contribution in [-0.4, -0.2) is 8.76 Å². The summed E-state index contributed by atoms with van der Waals surface area (Å²) in [6.45, 7) is 0.104. The van der Waals surface area contributed by atoms with Gasteiger partial charge < -0.3 is 0 Å². The number of allylic oxidation sites excluding steroid dienone is 2. The van der Waals surface area contributed by atoms with Crippen LogP contribution in [0.4, 0.5) is 4.39 Å². The van der Waals surface area contributed by atoms with Crippen LogP contribution in [0.1, 0.15) is 36.0 Å². The van der Waals surface area contributed by atoms with Crippen LogP contribution >= 0.6 is 0 Å². The molecular weight excluding hydrogens is 315 g/mol. The highest BCUT2D eigenvalue weighted by Crippen LogP contribution is 2.39. The molecule has 1 aliphatic carbocycles. The molecule has 0 radical (unpaired) electrons. The van der Waals surface area contributed by atoms with Crippen molar-refractivity contribution in [3.8, 4) is 0 Å². The van der Waals surface area contributed by atoms with Gasteiger partial charge in [-0.3, -0.25) is 8.74 Å². The van der Waals surface area contributed by atoms with E-state index in [1.165, 1.54) is 23.3 Å². The zero-order valence-corrected chi connectivity index (χ0v) is 13.3. The van der Waals surface area contributed by atoms with E-state index in [1.807, 2.05) is 36.4 Å². The Labute approximate surface area is 137 Å². The van der Waals surface area contributed by atoms with Crippen LogP contribution in [0, 0.1) is 5.82 Å². The van der Waals surface area contributed by atoms with Crippen LogP contribution in [0.15, 0.2) is 48.5 Å². The predicted molar refractivity (Wildman–Crippen MR) is 89.1 cm³/mol. The Balaban J connectivity index is 1.85. The van der Waals surface area contributed by atoms with Gasteiger partial charge in [0.2, 0.25) is 0 Å². The topological polar surface area (TPSA) is 46.5 Å². The molecule has 2 aromatic rings. The summed E-state index contributed by atoms with van der Waals surface area (Å²) in [6, 6.07) is 14.4. The van der Waals surface area contributed by atoms with Gasteiger partial charge in [-0.25, -0.2) is 4.39 Å². The maximum atomic E-state index is 13.1. The van der Waals surface area contributed by atoms with Crippen LogP contribution in [0.5, 0.6) is 0 Å². The molecule has 1 N–H and O–H groups in total. The van der Waals surface area contributed by atoms with Gasteiger partial charge >= 0.3 is 11.4 Å². The molecule has 23 heavy (non-hydrogen) atoms. The minimum atomic E-state index is -2.25. The second-order valence-corrected chi connectivity index (χ2v) is 6.16. The molecule has 3 nitrogen and oxygen atoms in total. The molecule has 120 valence electrons. The highest BCUT2D eigenvalue weighted by Gasteiger charge is 2.17. The monoisotopic (exact) mass is 332 g/mol. The molecule has 0 amide bonds. The fraction of sp³-hybridized carbons (Fsp3) is 0.222. The lowest BCUT2D eigenvalue weighted by Gasteiger charge is -2.09. The molecule has 1 aliphatic rings. The van der Waals surface area contributed by atoms with Crippen LogP contribution in [0.25, 0.3) is 11.1 Å². The van der Waals surface area contributed by atoms with Crippen molar-refractivity contribution >= 4 is 22.5 Å². The van der Waals surface area contributed by atoms with Gasteiger partial charge in [0, 0.05) is 0 Å². The summed E-state index contributed by atoms with van der Waals surface area (Å²) in [5.41, 5.74) is 5.61. The summed E-state index contributed by atoms with van der Waals surface area (Å²) in [6.07, 6.45) is 3.09. The predicted octanol–water partition coefficient (Wildman–Crippen LogP) is 4.57. The molecule has 3 rings (SSSR count). The molecule has 5 heteroatoms. The van der Waals surface area contributed by atoms with Gasteiger partial charge in [-0.15, -0.1) is 0 Å². The molecule has 1 unspecified atom stereocenters. The van der Waals surface area contributed by atoms with Crippen molar-refractivity contribution in [1.82, 2.24) is 0 Å². The highest BCUT2D eigenvalue weighted by atomic mass is 32.2. The first-order chi connectivity index (χ1) is 11.1. The minimum Gasteiger partial charge on any atom is -0.284 e. The quantitative estimate of drug-likeness (QED) is 0.816. The van der Waals surface area contributed by atoms with E-state index in [0.29, 0.717) is 0 Å². The third-order valence-corrected chi connectivity index (χ3v) is 4.36. The number of benzene rings is 2. The third kappa shape index (κ3) is 3.93. The molecule has 0 aliphatic heterocycles. The molecule has 0 fully saturated rings. The van der Waals surface area contributed by atoms with E-state index in [-0.39, 0.29) is 12.4 Å². The first-order valence-corrected chi connectivity index (χ1v) is 8.48. The summed E-state index contributed by atoms with van der Waals surface area (Å²) in [7, 11) is 0. The standard InChI is InChI=1S/C18H17FO3S/c19-16-10-8-15(9-11-16)18-3-1-2-17(18)14-6-4-13(5-7-14)12-22-23(20)21/h4-11H,1-3,12H2,(H,20,21). The van der Waals surface area contributed by atoms with Crippen molar-refractivity contribution in [3.63, 3.8) is 0 Å². The first kappa shape index (κ1) is 16.1. The summed E-state index contributed by atoms with van der Waals surface area (Å²) < 4.78 is 36.9. The van der Waals surface area contributed by atoms with Gasteiger partial charge in [0.15, 0.2) is 0 Å². The molecular formula is C18H17FO3S. The summed E-state index contributed by atoms with van der Waals surface area (Å²) in [5, 5.41) is 0. The second-order valence-electron chi connectivity index (χ2n) is 5.49. The van der Waals surface area contributed by atoms with Crippen molar-refractivity contribution < 1.29 is 17.3 Å². The molecule has 0 saturated carbocycles. The van der Waals surface area contributed by atoms with Crippen molar-refractivity contribution in [3.05, 3.63) is 71.0 Å². The van der Waals surface area contributed by atoms with Crippen LogP contribution in [0.2, 0.25) is 0 Å². The third-order valence-electron chi connectivity index (χ3n) is 4.04. The number of hydrogen-bond donors (Lipinski definition) is 1. The van der Waals surface area contributed by atoms with Gasteiger partial charge in [0.25, 0.3) is 0 Å². The van der Waals surface area contributed by atoms with Crippen molar-refractivity contribution in [2.45, 2.75) is 25.9 Å². The van der Waals surface area contributed by atoms with E-state index in [2.05, 4.69) is 4.18 Å². The maximum absolute atomic E-state index is 13.1. The Morgan fingerprint density at radius 2 is 1.48 bits per heavy atom. The van der Waals surface area contributed by atoms with E-state index in [4.69, 9.17) is 4.55 Å². The first-order valence-electron chi connectivity index (χ1n) is 7.45. The van der Waals surface area contributed by atoms with E-state index in [0.717, 1.165) is 36.0 Å².